The highest BCUT2D eigenvalue weighted by Gasteiger charge is 2.10. The number of hydrogen-bond donors (Lipinski definition) is 2. The summed E-state index contributed by atoms with van der Waals surface area (Å²) in [5.41, 5.74) is 4.76. The average Bonchev–Trinajstić information content (AvgIpc) is 3.16. The van der Waals surface area contributed by atoms with Crippen molar-refractivity contribution in [2.45, 2.75) is 0 Å². The normalized spacial score (nSPS) is 11.0. The number of benzene rings is 2. The number of nitrogens with one attached hydrogen (secondary N) is 1. The fourth-order valence-electron chi connectivity index (χ4n) is 2.50. The summed E-state index contributed by atoms with van der Waals surface area (Å²) in [4.78, 5) is 0. The smallest absolute Gasteiger partial charge is 0.116 e. The summed E-state index contributed by atoms with van der Waals surface area (Å²) in [5.74, 6) is 0.231. The van der Waals surface area contributed by atoms with E-state index in [4.69, 9.17) is 4.42 Å². The monoisotopic (exact) mass is 276 g/mol. The van der Waals surface area contributed by atoms with Gasteiger partial charge in [-0.25, -0.2) is 0 Å². The molecule has 0 fully saturated rings. The fourth-order valence-corrected chi connectivity index (χ4v) is 2.50. The van der Waals surface area contributed by atoms with Gasteiger partial charge in [0.05, 0.1) is 18.0 Å². The third-order valence-electron chi connectivity index (χ3n) is 3.54. The maximum absolute atomic E-state index is 9.64. The molecule has 4 aromatic rings. The molecule has 4 nitrogen and oxygen atoms in total. The summed E-state index contributed by atoms with van der Waals surface area (Å²) < 4.78 is 5.14. The van der Waals surface area contributed by atoms with Gasteiger partial charge in [-0.2, -0.15) is 5.10 Å². The summed E-state index contributed by atoms with van der Waals surface area (Å²) in [6.07, 6.45) is 3.38. The van der Waals surface area contributed by atoms with Gasteiger partial charge in [0.2, 0.25) is 0 Å². The highest BCUT2D eigenvalue weighted by molar-refractivity contribution is 5.95. The van der Waals surface area contributed by atoms with Crippen LogP contribution in [0.25, 0.3) is 33.3 Å². The Kier molecular flexibility index (Phi) is 2.54. The Bertz CT molecular complexity index is 908. The fraction of sp³-hybridized carbons (Fsp3) is 0. The van der Waals surface area contributed by atoms with Crippen molar-refractivity contribution in [3.63, 3.8) is 0 Å². The van der Waals surface area contributed by atoms with Gasteiger partial charge >= 0.3 is 0 Å². The van der Waals surface area contributed by atoms with Gasteiger partial charge in [0, 0.05) is 16.5 Å². The number of rotatable bonds is 2. The van der Waals surface area contributed by atoms with Crippen LogP contribution in [0, 0.1) is 0 Å². The molecule has 0 spiro atoms. The van der Waals surface area contributed by atoms with Crippen molar-refractivity contribution in [2.24, 2.45) is 0 Å². The number of H-pyrrole nitrogens is 1. The zero-order valence-corrected chi connectivity index (χ0v) is 11.1. The van der Waals surface area contributed by atoms with E-state index in [0.717, 1.165) is 33.3 Å². The van der Waals surface area contributed by atoms with E-state index in [2.05, 4.69) is 16.3 Å². The van der Waals surface area contributed by atoms with Crippen molar-refractivity contribution in [3.8, 4) is 28.1 Å². The van der Waals surface area contributed by atoms with Crippen LogP contribution >= 0.6 is 0 Å². The molecule has 0 atom stereocenters. The number of furan rings is 1. The number of fused-ring (bicyclic) bond motifs is 1. The highest BCUT2D eigenvalue weighted by Crippen LogP contribution is 2.31. The zero-order valence-electron chi connectivity index (χ0n) is 11.1. The molecule has 2 aromatic carbocycles. The van der Waals surface area contributed by atoms with E-state index in [9.17, 15) is 5.11 Å². The predicted molar refractivity (Wildman–Crippen MR) is 80.9 cm³/mol. The van der Waals surface area contributed by atoms with Crippen LogP contribution < -0.4 is 0 Å². The molecule has 102 valence electrons. The molecule has 2 aromatic heterocycles. The number of phenols is 1. The quantitative estimate of drug-likeness (QED) is 0.577. The van der Waals surface area contributed by atoms with Crippen molar-refractivity contribution in [1.82, 2.24) is 10.2 Å². The van der Waals surface area contributed by atoms with Crippen LogP contribution in [-0.2, 0) is 0 Å². The van der Waals surface area contributed by atoms with Crippen molar-refractivity contribution < 1.29 is 9.52 Å². The highest BCUT2D eigenvalue weighted by atomic mass is 16.3. The SMILES string of the molecule is Oc1cccc(-c2n[nH]c3ccc(-c4ccoc4)cc23)c1. The van der Waals surface area contributed by atoms with Gasteiger partial charge in [0.25, 0.3) is 0 Å². The van der Waals surface area contributed by atoms with Gasteiger partial charge in [-0.1, -0.05) is 18.2 Å². The second-order valence-electron chi connectivity index (χ2n) is 4.89. The largest absolute Gasteiger partial charge is 0.508 e. The average molecular weight is 276 g/mol. The Balaban J connectivity index is 1.92. The molecule has 4 rings (SSSR count). The minimum atomic E-state index is 0.231. The number of aromatic amines is 1. The van der Waals surface area contributed by atoms with E-state index < -0.39 is 0 Å². The third kappa shape index (κ3) is 1.97. The van der Waals surface area contributed by atoms with Crippen LogP contribution in [0.3, 0.4) is 0 Å². The molecule has 0 amide bonds. The first-order valence-electron chi connectivity index (χ1n) is 6.61. The van der Waals surface area contributed by atoms with E-state index in [-0.39, 0.29) is 5.75 Å². The summed E-state index contributed by atoms with van der Waals surface area (Å²) in [6.45, 7) is 0. The molecule has 4 heteroatoms. The first kappa shape index (κ1) is 11.8. The maximum Gasteiger partial charge on any atom is 0.116 e. The minimum absolute atomic E-state index is 0.231. The van der Waals surface area contributed by atoms with E-state index in [1.807, 2.05) is 30.3 Å². The van der Waals surface area contributed by atoms with Crippen molar-refractivity contribution in [1.29, 1.82) is 0 Å². The Morgan fingerprint density at radius 3 is 2.71 bits per heavy atom. The molecule has 2 N–H and O–H groups in total. The molecule has 0 saturated carbocycles. The molecule has 0 aliphatic carbocycles. The molecule has 0 radical (unpaired) electrons. The Morgan fingerprint density at radius 2 is 1.90 bits per heavy atom. The van der Waals surface area contributed by atoms with Gasteiger partial charge in [0.1, 0.15) is 11.4 Å². The molecule has 0 unspecified atom stereocenters. The molecule has 2 heterocycles. The standard InChI is InChI=1S/C17H12N2O2/c20-14-3-1-2-12(8-14)17-15-9-11(13-6-7-21-10-13)4-5-16(15)18-19-17/h1-10,20H,(H,18,19). The van der Waals surface area contributed by atoms with Gasteiger partial charge < -0.3 is 9.52 Å². The molecule has 0 saturated heterocycles. The molecule has 21 heavy (non-hydrogen) atoms. The van der Waals surface area contributed by atoms with Crippen LogP contribution in [0.5, 0.6) is 5.75 Å². The molecular weight excluding hydrogens is 264 g/mol. The number of aromatic nitrogens is 2. The second-order valence-corrected chi connectivity index (χ2v) is 4.89. The number of phenolic OH excluding ortho intramolecular Hbond substituents is 1. The lowest BCUT2D eigenvalue weighted by Gasteiger charge is -2.01. The summed E-state index contributed by atoms with van der Waals surface area (Å²) in [6, 6.07) is 15.1. The van der Waals surface area contributed by atoms with Crippen LogP contribution in [0.2, 0.25) is 0 Å². The van der Waals surface area contributed by atoms with Crippen LogP contribution in [0.15, 0.2) is 65.5 Å². The Hall–Kier alpha value is -3.01. The van der Waals surface area contributed by atoms with E-state index in [1.54, 1.807) is 24.7 Å². The van der Waals surface area contributed by atoms with Crippen LogP contribution in [-0.4, -0.2) is 15.3 Å². The predicted octanol–water partition coefficient (Wildman–Crippen LogP) is 4.20. The first-order chi connectivity index (χ1) is 10.3. The lowest BCUT2D eigenvalue weighted by molar-refractivity contribution is 0.475. The summed E-state index contributed by atoms with van der Waals surface area (Å²) in [5, 5.41) is 18.0. The first-order valence-corrected chi connectivity index (χ1v) is 6.61. The summed E-state index contributed by atoms with van der Waals surface area (Å²) >= 11 is 0. The van der Waals surface area contributed by atoms with Gasteiger partial charge in [-0.3, -0.25) is 5.10 Å². The topological polar surface area (TPSA) is 62.1 Å². The van der Waals surface area contributed by atoms with Crippen molar-refractivity contribution in [2.75, 3.05) is 0 Å². The van der Waals surface area contributed by atoms with Gasteiger partial charge in [-0.05, 0) is 35.9 Å². The van der Waals surface area contributed by atoms with Crippen molar-refractivity contribution in [3.05, 3.63) is 61.1 Å². The summed E-state index contributed by atoms with van der Waals surface area (Å²) in [7, 11) is 0. The van der Waals surface area contributed by atoms with Crippen LogP contribution in [0.4, 0.5) is 0 Å². The number of aromatic hydroxyl groups is 1. The molecule has 0 aliphatic rings. The number of hydrogen-bond acceptors (Lipinski definition) is 3. The zero-order chi connectivity index (χ0) is 14.2. The molecule has 0 bridgehead atoms. The van der Waals surface area contributed by atoms with E-state index in [0.29, 0.717) is 0 Å². The molecule has 0 aliphatic heterocycles. The maximum atomic E-state index is 9.64. The third-order valence-corrected chi connectivity index (χ3v) is 3.54. The number of nitrogens with zero attached hydrogens (tertiary/aromatic N) is 1. The van der Waals surface area contributed by atoms with E-state index in [1.165, 1.54) is 0 Å². The Labute approximate surface area is 120 Å². The van der Waals surface area contributed by atoms with E-state index >= 15 is 0 Å². The Morgan fingerprint density at radius 1 is 0.952 bits per heavy atom. The minimum Gasteiger partial charge on any atom is -0.508 e. The molecular formula is C17H12N2O2. The lowest BCUT2D eigenvalue weighted by Crippen LogP contribution is -1.79. The lowest BCUT2D eigenvalue weighted by atomic mass is 10.0. The van der Waals surface area contributed by atoms with Gasteiger partial charge in [-0.15, -0.1) is 0 Å². The van der Waals surface area contributed by atoms with Gasteiger partial charge in [0.15, 0.2) is 0 Å². The van der Waals surface area contributed by atoms with Crippen LogP contribution in [0.1, 0.15) is 0 Å². The second kappa shape index (κ2) is 4.52. The van der Waals surface area contributed by atoms with Crippen molar-refractivity contribution >= 4 is 10.9 Å².